The zero-order valence-electron chi connectivity index (χ0n) is 15.8. The maximum atomic E-state index is 12.0. The molecule has 0 unspecified atom stereocenters. The summed E-state index contributed by atoms with van der Waals surface area (Å²) in [5, 5.41) is 9.33. The van der Waals surface area contributed by atoms with E-state index in [4.69, 9.17) is 9.47 Å². The molecule has 26 heavy (non-hydrogen) atoms. The maximum absolute atomic E-state index is 12.0. The van der Waals surface area contributed by atoms with Crippen LogP contribution < -0.4 is 25.4 Å². The fraction of sp³-hybridized carbons (Fsp3) is 0.556. The largest absolute Gasteiger partial charge is 0.454 e. The van der Waals surface area contributed by atoms with Gasteiger partial charge in [0.25, 0.3) is 0 Å². The molecular weight excluding hydrogens is 447 g/mol. The number of carbonyl (C=O) groups excluding carboxylic acids is 1. The van der Waals surface area contributed by atoms with Crippen LogP contribution in [0.5, 0.6) is 11.5 Å². The highest BCUT2D eigenvalue weighted by molar-refractivity contribution is 14.0. The highest BCUT2D eigenvalue weighted by atomic mass is 127. The van der Waals surface area contributed by atoms with Crippen LogP contribution in [-0.2, 0) is 11.2 Å². The topological polar surface area (TPSA) is 84.0 Å². The molecule has 0 saturated carbocycles. The van der Waals surface area contributed by atoms with Gasteiger partial charge in [0.1, 0.15) is 0 Å². The first-order valence-electron chi connectivity index (χ1n) is 8.57. The smallest absolute Gasteiger partial charge is 0.231 e. The number of ether oxygens (including phenoxy) is 2. The average Bonchev–Trinajstić information content (AvgIpc) is 3.05. The minimum atomic E-state index is -0.509. The zero-order valence-corrected chi connectivity index (χ0v) is 18.2. The molecule has 0 aliphatic carbocycles. The van der Waals surface area contributed by atoms with Gasteiger partial charge in [-0.1, -0.05) is 6.07 Å². The standard InChI is InChI=1S/C18H28N4O3.HI/c1-5-20-16(23)18(2,3)11-22-17(19-4)21-9-8-13-6-7-14-15(10-13)25-12-24-14;/h6-7,10H,5,8-9,11-12H2,1-4H3,(H,20,23)(H2,19,21,22);1H. The minimum absolute atomic E-state index is 0. The monoisotopic (exact) mass is 476 g/mol. The number of fused-ring (bicyclic) bond motifs is 1. The summed E-state index contributed by atoms with van der Waals surface area (Å²) in [7, 11) is 1.72. The predicted octanol–water partition coefficient (Wildman–Crippen LogP) is 1.90. The second-order valence-corrected chi connectivity index (χ2v) is 6.53. The normalized spacial score (nSPS) is 13.0. The summed E-state index contributed by atoms with van der Waals surface area (Å²) >= 11 is 0. The molecule has 0 fully saturated rings. The van der Waals surface area contributed by atoms with Gasteiger partial charge in [0.15, 0.2) is 17.5 Å². The predicted molar refractivity (Wildman–Crippen MR) is 114 cm³/mol. The fourth-order valence-electron chi connectivity index (χ4n) is 2.43. The molecule has 146 valence electrons. The average molecular weight is 476 g/mol. The molecule has 0 saturated heterocycles. The lowest BCUT2D eigenvalue weighted by Crippen LogP contribution is -2.48. The molecule has 0 atom stereocenters. The van der Waals surface area contributed by atoms with Crippen LogP contribution >= 0.6 is 24.0 Å². The molecule has 0 aromatic heterocycles. The summed E-state index contributed by atoms with van der Waals surface area (Å²) in [6, 6.07) is 5.96. The summed E-state index contributed by atoms with van der Waals surface area (Å²) in [5.41, 5.74) is 0.653. The van der Waals surface area contributed by atoms with Crippen LogP contribution in [0.1, 0.15) is 26.3 Å². The Morgan fingerprint density at radius 2 is 1.92 bits per heavy atom. The first-order valence-corrected chi connectivity index (χ1v) is 8.57. The Hall–Kier alpha value is -1.71. The van der Waals surface area contributed by atoms with Crippen molar-refractivity contribution in [3.63, 3.8) is 0 Å². The van der Waals surface area contributed by atoms with Crippen LogP contribution in [0.3, 0.4) is 0 Å². The lowest BCUT2D eigenvalue weighted by atomic mass is 9.92. The maximum Gasteiger partial charge on any atom is 0.231 e. The molecule has 0 spiro atoms. The van der Waals surface area contributed by atoms with Gasteiger partial charge >= 0.3 is 0 Å². The Balaban J connectivity index is 0.00000338. The molecular formula is C18H29IN4O3. The molecule has 2 rings (SSSR count). The summed E-state index contributed by atoms with van der Waals surface area (Å²) in [6.07, 6.45) is 0.830. The molecule has 8 heteroatoms. The Morgan fingerprint density at radius 3 is 2.62 bits per heavy atom. The first-order chi connectivity index (χ1) is 12.0. The van der Waals surface area contributed by atoms with Gasteiger partial charge in [-0.15, -0.1) is 24.0 Å². The lowest BCUT2D eigenvalue weighted by Gasteiger charge is -2.24. The van der Waals surface area contributed by atoms with Crippen molar-refractivity contribution in [3.8, 4) is 11.5 Å². The molecule has 1 amide bonds. The third kappa shape index (κ3) is 6.22. The first kappa shape index (κ1) is 22.3. The molecule has 0 bridgehead atoms. The van der Waals surface area contributed by atoms with Crippen LogP contribution in [0.15, 0.2) is 23.2 Å². The highest BCUT2D eigenvalue weighted by Gasteiger charge is 2.27. The number of rotatable bonds is 7. The van der Waals surface area contributed by atoms with E-state index in [1.165, 1.54) is 0 Å². The van der Waals surface area contributed by atoms with Crippen LogP contribution in [0, 0.1) is 5.41 Å². The van der Waals surface area contributed by atoms with Crippen molar-refractivity contribution in [2.75, 3.05) is 33.5 Å². The van der Waals surface area contributed by atoms with Crippen molar-refractivity contribution >= 4 is 35.8 Å². The Kier molecular flexibility index (Phi) is 8.97. The molecule has 1 aromatic rings. The third-order valence-electron chi connectivity index (χ3n) is 4.02. The number of hydrogen-bond donors (Lipinski definition) is 3. The number of halogens is 1. The zero-order chi connectivity index (χ0) is 18.3. The van der Waals surface area contributed by atoms with E-state index in [0.717, 1.165) is 30.0 Å². The van der Waals surface area contributed by atoms with Crippen LogP contribution in [0.25, 0.3) is 0 Å². The number of benzene rings is 1. The van der Waals surface area contributed by atoms with E-state index < -0.39 is 5.41 Å². The molecule has 7 nitrogen and oxygen atoms in total. The number of hydrogen-bond acceptors (Lipinski definition) is 4. The Bertz CT molecular complexity index is 635. The van der Waals surface area contributed by atoms with E-state index in [1.807, 2.05) is 39.0 Å². The quantitative estimate of drug-likeness (QED) is 0.318. The van der Waals surface area contributed by atoms with Gasteiger partial charge in [0.2, 0.25) is 12.7 Å². The highest BCUT2D eigenvalue weighted by Crippen LogP contribution is 2.32. The van der Waals surface area contributed by atoms with E-state index in [9.17, 15) is 4.79 Å². The second kappa shape index (κ2) is 10.4. The summed E-state index contributed by atoms with van der Waals surface area (Å²) in [4.78, 5) is 16.2. The van der Waals surface area contributed by atoms with Crippen LogP contribution in [0.4, 0.5) is 0 Å². The van der Waals surface area contributed by atoms with Crippen LogP contribution in [0.2, 0.25) is 0 Å². The van der Waals surface area contributed by atoms with E-state index in [0.29, 0.717) is 19.0 Å². The van der Waals surface area contributed by atoms with Gasteiger partial charge in [-0.05, 0) is 44.9 Å². The summed E-state index contributed by atoms with van der Waals surface area (Å²) in [5.74, 6) is 2.29. The van der Waals surface area contributed by atoms with Crippen molar-refractivity contribution in [1.82, 2.24) is 16.0 Å². The SMILES string of the molecule is CCNC(=O)C(C)(C)CNC(=NC)NCCc1ccc2c(c1)OCO2.I. The second-order valence-electron chi connectivity index (χ2n) is 6.53. The number of aliphatic imine (C=N–C) groups is 1. The fourth-order valence-corrected chi connectivity index (χ4v) is 2.43. The van der Waals surface area contributed by atoms with Crippen LogP contribution in [-0.4, -0.2) is 45.3 Å². The van der Waals surface area contributed by atoms with E-state index in [1.54, 1.807) is 7.05 Å². The molecule has 1 aliphatic rings. The van der Waals surface area contributed by atoms with E-state index >= 15 is 0 Å². The lowest BCUT2D eigenvalue weighted by molar-refractivity contribution is -0.128. The number of amides is 1. The van der Waals surface area contributed by atoms with Gasteiger partial charge in [-0.2, -0.15) is 0 Å². The number of nitrogens with one attached hydrogen (secondary N) is 3. The number of carbonyl (C=O) groups is 1. The van der Waals surface area contributed by atoms with Crippen molar-refractivity contribution in [1.29, 1.82) is 0 Å². The molecule has 0 radical (unpaired) electrons. The number of nitrogens with zero attached hydrogens (tertiary/aromatic N) is 1. The molecule has 1 aliphatic heterocycles. The number of guanidine groups is 1. The van der Waals surface area contributed by atoms with Crippen molar-refractivity contribution in [2.24, 2.45) is 10.4 Å². The minimum Gasteiger partial charge on any atom is -0.454 e. The summed E-state index contributed by atoms with van der Waals surface area (Å²) < 4.78 is 10.7. The third-order valence-corrected chi connectivity index (χ3v) is 4.02. The Morgan fingerprint density at radius 1 is 1.19 bits per heavy atom. The molecule has 3 N–H and O–H groups in total. The van der Waals surface area contributed by atoms with Gasteiger partial charge in [-0.3, -0.25) is 9.79 Å². The molecule has 1 heterocycles. The van der Waals surface area contributed by atoms with Crippen molar-refractivity contribution in [2.45, 2.75) is 27.2 Å². The summed E-state index contributed by atoms with van der Waals surface area (Å²) in [6.45, 7) is 7.87. The van der Waals surface area contributed by atoms with Gasteiger partial charge in [0, 0.05) is 26.7 Å². The Labute approximate surface area is 172 Å². The molecule has 1 aromatic carbocycles. The van der Waals surface area contributed by atoms with E-state index in [2.05, 4.69) is 20.9 Å². The van der Waals surface area contributed by atoms with Crippen molar-refractivity contribution < 1.29 is 14.3 Å². The van der Waals surface area contributed by atoms with Gasteiger partial charge < -0.3 is 25.4 Å². The van der Waals surface area contributed by atoms with E-state index in [-0.39, 0.29) is 36.7 Å². The van der Waals surface area contributed by atoms with Gasteiger partial charge in [-0.25, -0.2) is 0 Å². The van der Waals surface area contributed by atoms with Crippen molar-refractivity contribution in [3.05, 3.63) is 23.8 Å². The van der Waals surface area contributed by atoms with Gasteiger partial charge in [0.05, 0.1) is 5.41 Å².